The molecular formula is C18H34N4. The predicted octanol–water partition coefficient (Wildman–Crippen LogP) is 1.23. The first-order chi connectivity index (χ1) is 10.7. The van der Waals surface area contributed by atoms with Crippen molar-refractivity contribution in [3.63, 3.8) is 0 Å². The van der Waals surface area contributed by atoms with Crippen LogP contribution in [0.1, 0.15) is 38.5 Å². The summed E-state index contributed by atoms with van der Waals surface area (Å²) in [7, 11) is 2.29. The summed E-state index contributed by atoms with van der Waals surface area (Å²) in [5.74, 6) is 0. The Morgan fingerprint density at radius 1 is 0.727 bits per heavy atom. The van der Waals surface area contributed by atoms with E-state index in [0.717, 1.165) is 12.1 Å². The number of hydrogen-bond acceptors (Lipinski definition) is 4. The van der Waals surface area contributed by atoms with Gasteiger partial charge in [-0.25, -0.2) is 0 Å². The van der Waals surface area contributed by atoms with Crippen LogP contribution in [0.3, 0.4) is 0 Å². The molecule has 4 heteroatoms. The van der Waals surface area contributed by atoms with E-state index in [1.54, 1.807) is 0 Å². The molecule has 0 aromatic rings. The molecule has 126 valence electrons. The number of hydrogen-bond donors (Lipinski definition) is 1. The van der Waals surface area contributed by atoms with Gasteiger partial charge in [0.2, 0.25) is 0 Å². The molecule has 0 amide bonds. The van der Waals surface area contributed by atoms with Crippen molar-refractivity contribution >= 4 is 0 Å². The summed E-state index contributed by atoms with van der Waals surface area (Å²) in [5, 5.41) is 3.41. The van der Waals surface area contributed by atoms with Crippen LogP contribution in [0.5, 0.6) is 0 Å². The zero-order valence-electron chi connectivity index (χ0n) is 14.4. The Balaban J connectivity index is 1.24. The van der Waals surface area contributed by atoms with Crippen LogP contribution in [0, 0.1) is 5.41 Å². The topological polar surface area (TPSA) is 21.8 Å². The standard InChI is InChI=1S/C18H34N4/c1-20-10-4-18(5-11-20)6-12-22(13-7-18)16-2-8-21(9-3-16)17-14-19-15-17/h16-17,19H,2-15H2,1H3. The SMILES string of the molecule is CN1CCC2(CC1)CCN(C1CCN(C3CNC3)CC1)CC2. The fourth-order valence-corrected chi connectivity index (χ4v) is 5.10. The van der Waals surface area contributed by atoms with Gasteiger partial charge >= 0.3 is 0 Å². The molecule has 0 bridgehead atoms. The second kappa shape index (κ2) is 6.39. The highest BCUT2D eigenvalue weighted by atomic mass is 15.3. The van der Waals surface area contributed by atoms with Crippen LogP contribution in [-0.2, 0) is 0 Å². The van der Waals surface area contributed by atoms with E-state index in [1.165, 1.54) is 90.9 Å². The Labute approximate surface area is 136 Å². The molecule has 4 aliphatic heterocycles. The molecule has 0 aromatic heterocycles. The number of piperidine rings is 3. The second-order valence-corrected chi connectivity index (χ2v) is 8.42. The third-order valence-electron chi connectivity index (χ3n) is 7.20. The molecule has 0 aliphatic carbocycles. The van der Waals surface area contributed by atoms with Crippen LogP contribution in [0.25, 0.3) is 0 Å². The summed E-state index contributed by atoms with van der Waals surface area (Å²) in [5.41, 5.74) is 0.710. The minimum atomic E-state index is 0.710. The number of likely N-dealkylation sites (tertiary alicyclic amines) is 3. The lowest BCUT2D eigenvalue weighted by Gasteiger charge is -2.50. The molecule has 0 radical (unpaired) electrons. The molecule has 4 heterocycles. The average molecular weight is 306 g/mol. The molecule has 4 aliphatic rings. The van der Waals surface area contributed by atoms with Gasteiger partial charge in [0.25, 0.3) is 0 Å². The van der Waals surface area contributed by atoms with Gasteiger partial charge in [0.15, 0.2) is 0 Å². The van der Waals surface area contributed by atoms with Crippen molar-refractivity contribution in [2.24, 2.45) is 5.41 Å². The maximum Gasteiger partial charge on any atom is 0.0345 e. The molecule has 22 heavy (non-hydrogen) atoms. The molecular weight excluding hydrogens is 272 g/mol. The van der Waals surface area contributed by atoms with Crippen molar-refractivity contribution in [2.75, 3.05) is 59.4 Å². The van der Waals surface area contributed by atoms with Crippen molar-refractivity contribution in [3.8, 4) is 0 Å². The third-order valence-corrected chi connectivity index (χ3v) is 7.20. The average Bonchev–Trinajstić information content (AvgIpc) is 2.51. The maximum atomic E-state index is 3.41. The first-order valence-electron chi connectivity index (χ1n) is 9.62. The lowest BCUT2D eigenvalue weighted by molar-refractivity contribution is 0.00404. The fourth-order valence-electron chi connectivity index (χ4n) is 5.10. The molecule has 1 spiro atoms. The lowest BCUT2D eigenvalue weighted by Crippen LogP contribution is -2.60. The van der Waals surface area contributed by atoms with Crippen LogP contribution in [0.2, 0.25) is 0 Å². The van der Waals surface area contributed by atoms with Crippen molar-refractivity contribution in [3.05, 3.63) is 0 Å². The zero-order chi connectivity index (χ0) is 15.0. The van der Waals surface area contributed by atoms with Crippen LogP contribution in [0.15, 0.2) is 0 Å². The quantitative estimate of drug-likeness (QED) is 0.828. The Kier molecular flexibility index (Phi) is 4.46. The maximum absolute atomic E-state index is 3.41. The molecule has 0 saturated carbocycles. The van der Waals surface area contributed by atoms with E-state index in [4.69, 9.17) is 0 Å². The summed E-state index contributed by atoms with van der Waals surface area (Å²) in [6.45, 7) is 10.5. The summed E-state index contributed by atoms with van der Waals surface area (Å²) >= 11 is 0. The van der Waals surface area contributed by atoms with Gasteiger partial charge in [0, 0.05) is 38.3 Å². The van der Waals surface area contributed by atoms with Crippen molar-refractivity contribution in [2.45, 2.75) is 50.6 Å². The van der Waals surface area contributed by atoms with Crippen LogP contribution >= 0.6 is 0 Å². The number of nitrogens with zero attached hydrogens (tertiary/aromatic N) is 3. The van der Waals surface area contributed by atoms with Crippen molar-refractivity contribution < 1.29 is 0 Å². The van der Waals surface area contributed by atoms with E-state index in [0.29, 0.717) is 5.41 Å². The highest BCUT2D eigenvalue weighted by molar-refractivity contribution is 4.94. The minimum Gasteiger partial charge on any atom is -0.314 e. The first kappa shape index (κ1) is 15.4. The highest BCUT2D eigenvalue weighted by Gasteiger charge is 2.39. The molecule has 4 saturated heterocycles. The van der Waals surface area contributed by atoms with E-state index in [1.807, 2.05) is 0 Å². The van der Waals surface area contributed by atoms with Gasteiger partial charge in [-0.05, 0) is 77.2 Å². The number of rotatable bonds is 2. The van der Waals surface area contributed by atoms with Crippen LogP contribution in [-0.4, -0.2) is 86.2 Å². The summed E-state index contributed by atoms with van der Waals surface area (Å²) in [6, 6.07) is 1.73. The minimum absolute atomic E-state index is 0.710. The molecule has 4 fully saturated rings. The smallest absolute Gasteiger partial charge is 0.0345 e. The molecule has 1 N–H and O–H groups in total. The van der Waals surface area contributed by atoms with Crippen LogP contribution < -0.4 is 5.32 Å². The van der Waals surface area contributed by atoms with E-state index >= 15 is 0 Å². The zero-order valence-corrected chi connectivity index (χ0v) is 14.4. The summed E-state index contributed by atoms with van der Waals surface area (Å²) in [6.07, 6.45) is 8.65. The van der Waals surface area contributed by atoms with Crippen molar-refractivity contribution in [1.29, 1.82) is 0 Å². The van der Waals surface area contributed by atoms with E-state index in [2.05, 4.69) is 27.1 Å². The van der Waals surface area contributed by atoms with Crippen LogP contribution in [0.4, 0.5) is 0 Å². The second-order valence-electron chi connectivity index (χ2n) is 8.42. The highest BCUT2D eigenvalue weighted by Crippen LogP contribution is 2.41. The van der Waals surface area contributed by atoms with Gasteiger partial charge in [0.05, 0.1) is 0 Å². The molecule has 4 nitrogen and oxygen atoms in total. The van der Waals surface area contributed by atoms with Gasteiger partial charge in [-0.3, -0.25) is 4.90 Å². The molecule has 0 aromatic carbocycles. The lowest BCUT2D eigenvalue weighted by atomic mass is 9.71. The largest absolute Gasteiger partial charge is 0.314 e. The molecule has 0 atom stereocenters. The fraction of sp³-hybridized carbons (Fsp3) is 1.00. The Hall–Kier alpha value is -0.160. The molecule has 4 rings (SSSR count). The Bertz CT molecular complexity index is 355. The summed E-state index contributed by atoms with van der Waals surface area (Å²) < 4.78 is 0. The van der Waals surface area contributed by atoms with Gasteiger partial charge in [-0.2, -0.15) is 0 Å². The van der Waals surface area contributed by atoms with Gasteiger partial charge in [0.1, 0.15) is 0 Å². The van der Waals surface area contributed by atoms with E-state index < -0.39 is 0 Å². The van der Waals surface area contributed by atoms with Gasteiger partial charge in [-0.15, -0.1) is 0 Å². The molecule has 0 unspecified atom stereocenters. The van der Waals surface area contributed by atoms with E-state index in [9.17, 15) is 0 Å². The van der Waals surface area contributed by atoms with Gasteiger partial charge in [-0.1, -0.05) is 0 Å². The third kappa shape index (κ3) is 3.08. The predicted molar refractivity (Wildman–Crippen MR) is 91.2 cm³/mol. The summed E-state index contributed by atoms with van der Waals surface area (Å²) in [4.78, 5) is 8.10. The monoisotopic (exact) mass is 306 g/mol. The first-order valence-corrected chi connectivity index (χ1v) is 9.62. The van der Waals surface area contributed by atoms with E-state index in [-0.39, 0.29) is 0 Å². The van der Waals surface area contributed by atoms with Crippen molar-refractivity contribution in [1.82, 2.24) is 20.0 Å². The number of nitrogens with one attached hydrogen (secondary N) is 1. The van der Waals surface area contributed by atoms with Gasteiger partial charge < -0.3 is 15.1 Å². The Morgan fingerprint density at radius 3 is 1.82 bits per heavy atom. The normalized spacial score (nSPS) is 33.1. The Morgan fingerprint density at radius 2 is 1.27 bits per heavy atom.